The maximum absolute atomic E-state index is 4.20. The fourth-order valence-electron chi connectivity index (χ4n) is 2.49. The molecule has 0 radical (unpaired) electrons. The van der Waals surface area contributed by atoms with Crippen molar-refractivity contribution in [1.82, 2.24) is 10.3 Å². The topological polar surface area (TPSA) is 28.2 Å². The minimum absolute atomic E-state index is 0.256. The summed E-state index contributed by atoms with van der Waals surface area (Å²) < 4.78 is 0. The maximum atomic E-state index is 4.20. The second kappa shape index (κ2) is 6.92. The second-order valence-corrected chi connectivity index (χ2v) is 5.13. The van der Waals surface area contributed by atoms with Gasteiger partial charge >= 0.3 is 0 Å². The number of nitrogens with one attached hydrogen (secondary N) is 1. The highest BCUT2D eigenvalue weighted by molar-refractivity contribution is 5.44. The van der Waals surface area contributed by atoms with Gasteiger partial charge in [0.1, 0.15) is 0 Å². The summed E-state index contributed by atoms with van der Waals surface area (Å²) in [7, 11) is 0. The van der Waals surface area contributed by atoms with Crippen LogP contribution in [0.1, 0.15) is 12.0 Å². The largest absolute Gasteiger partial charge is 0.369 e. The third-order valence-corrected chi connectivity index (χ3v) is 3.64. The summed E-state index contributed by atoms with van der Waals surface area (Å²) in [6.45, 7) is 2.95. The summed E-state index contributed by atoms with van der Waals surface area (Å²) in [5, 5.41) is 3.52. The Balaban J connectivity index is 1.63. The van der Waals surface area contributed by atoms with E-state index in [1.54, 1.807) is 0 Å². The van der Waals surface area contributed by atoms with E-state index in [-0.39, 0.29) is 6.04 Å². The molecular weight excluding hydrogens is 258 g/mol. The van der Waals surface area contributed by atoms with E-state index in [4.69, 9.17) is 0 Å². The van der Waals surface area contributed by atoms with Gasteiger partial charge < -0.3 is 10.2 Å². The SMILES string of the molecule is C(#CC1CCN(c2cccnc2)CCN1)c1ccccc1. The number of aromatic nitrogens is 1. The molecule has 1 aliphatic rings. The molecule has 1 N–H and O–H groups in total. The summed E-state index contributed by atoms with van der Waals surface area (Å²) in [5.41, 5.74) is 2.27. The summed E-state index contributed by atoms with van der Waals surface area (Å²) in [6.07, 6.45) is 4.76. The molecule has 1 aromatic carbocycles. The summed E-state index contributed by atoms with van der Waals surface area (Å²) in [4.78, 5) is 6.56. The lowest BCUT2D eigenvalue weighted by Crippen LogP contribution is -2.29. The molecular formula is C18H19N3. The zero-order chi connectivity index (χ0) is 14.3. The Labute approximate surface area is 126 Å². The van der Waals surface area contributed by atoms with E-state index in [2.05, 4.69) is 33.1 Å². The van der Waals surface area contributed by atoms with Crippen LogP contribution in [0, 0.1) is 11.8 Å². The van der Waals surface area contributed by atoms with Gasteiger partial charge in [-0.3, -0.25) is 4.98 Å². The van der Waals surface area contributed by atoms with Crippen LogP contribution < -0.4 is 10.2 Å². The summed E-state index contributed by atoms with van der Waals surface area (Å²) in [6, 6.07) is 14.5. The molecule has 1 unspecified atom stereocenters. The number of pyridine rings is 1. The van der Waals surface area contributed by atoms with Crippen molar-refractivity contribution in [3.63, 3.8) is 0 Å². The van der Waals surface area contributed by atoms with Gasteiger partial charge in [-0.1, -0.05) is 30.0 Å². The fraction of sp³-hybridized carbons (Fsp3) is 0.278. The number of rotatable bonds is 1. The van der Waals surface area contributed by atoms with Crippen molar-refractivity contribution in [3.8, 4) is 11.8 Å². The van der Waals surface area contributed by atoms with Crippen LogP contribution in [0.4, 0.5) is 5.69 Å². The highest BCUT2D eigenvalue weighted by Crippen LogP contribution is 2.13. The molecule has 0 saturated carbocycles. The Bertz CT molecular complexity index is 613. The zero-order valence-electron chi connectivity index (χ0n) is 12.0. The minimum Gasteiger partial charge on any atom is -0.369 e. The van der Waals surface area contributed by atoms with Gasteiger partial charge in [-0.2, -0.15) is 0 Å². The van der Waals surface area contributed by atoms with E-state index >= 15 is 0 Å². The first kappa shape index (κ1) is 13.7. The van der Waals surface area contributed by atoms with E-state index < -0.39 is 0 Å². The number of hydrogen-bond acceptors (Lipinski definition) is 3. The first-order valence-corrected chi connectivity index (χ1v) is 7.37. The zero-order valence-corrected chi connectivity index (χ0v) is 12.0. The summed E-state index contributed by atoms with van der Waals surface area (Å²) in [5.74, 6) is 6.60. The second-order valence-electron chi connectivity index (χ2n) is 5.13. The molecule has 106 valence electrons. The first-order chi connectivity index (χ1) is 10.4. The predicted octanol–water partition coefficient (Wildman–Crippen LogP) is 2.30. The van der Waals surface area contributed by atoms with Crippen molar-refractivity contribution in [2.24, 2.45) is 0 Å². The molecule has 2 aromatic rings. The molecule has 0 aliphatic carbocycles. The fourth-order valence-corrected chi connectivity index (χ4v) is 2.49. The van der Waals surface area contributed by atoms with Crippen LogP contribution in [-0.2, 0) is 0 Å². The number of anilines is 1. The van der Waals surface area contributed by atoms with E-state index in [9.17, 15) is 0 Å². The molecule has 21 heavy (non-hydrogen) atoms. The van der Waals surface area contributed by atoms with Crippen LogP contribution in [0.15, 0.2) is 54.9 Å². The minimum atomic E-state index is 0.256. The van der Waals surface area contributed by atoms with Crippen molar-refractivity contribution in [2.45, 2.75) is 12.5 Å². The van der Waals surface area contributed by atoms with Gasteiger partial charge in [0, 0.05) is 31.4 Å². The van der Waals surface area contributed by atoms with Crippen LogP contribution in [0.5, 0.6) is 0 Å². The molecule has 1 fully saturated rings. The third-order valence-electron chi connectivity index (χ3n) is 3.64. The van der Waals surface area contributed by atoms with E-state index in [0.29, 0.717) is 0 Å². The van der Waals surface area contributed by atoms with Gasteiger partial charge in [0.2, 0.25) is 0 Å². The molecule has 0 spiro atoms. The van der Waals surface area contributed by atoms with E-state index in [1.165, 1.54) is 5.69 Å². The molecule has 1 aromatic heterocycles. The lowest BCUT2D eigenvalue weighted by Gasteiger charge is -2.21. The molecule has 1 atom stereocenters. The van der Waals surface area contributed by atoms with Gasteiger partial charge in [0.05, 0.1) is 17.9 Å². The lowest BCUT2D eigenvalue weighted by molar-refractivity contribution is 0.631. The maximum Gasteiger partial charge on any atom is 0.0710 e. The van der Waals surface area contributed by atoms with Crippen LogP contribution >= 0.6 is 0 Å². The molecule has 3 nitrogen and oxygen atoms in total. The number of hydrogen-bond donors (Lipinski definition) is 1. The molecule has 0 amide bonds. The smallest absolute Gasteiger partial charge is 0.0710 e. The normalized spacial score (nSPS) is 18.5. The molecule has 1 aliphatic heterocycles. The number of nitrogens with zero attached hydrogens (tertiary/aromatic N) is 2. The first-order valence-electron chi connectivity index (χ1n) is 7.37. The monoisotopic (exact) mass is 277 g/mol. The van der Waals surface area contributed by atoms with Crippen LogP contribution in [0.2, 0.25) is 0 Å². The third kappa shape index (κ3) is 3.84. The van der Waals surface area contributed by atoms with Gasteiger partial charge in [0.15, 0.2) is 0 Å². The highest BCUT2D eigenvalue weighted by Gasteiger charge is 2.14. The molecule has 1 saturated heterocycles. The standard InChI is InChI=1S/C18H19N3/c1-2-5-16(6-3-1)8-9-17-10-13-21(14-12-20-17)18-7-4-11-19-15-18/h1-7,11,15,17,20H,10,12-14H2. The number of benzene rings is 1. The van der Waals surface area contributed by atoms with Crippen LogP contribution in [0.3, 0.4) is 0 Å². The molecule has 2 heterocycles. The van der Waals surface area contributed by atoms with Gasteiger partial charge in [-0.25, -0.2) is 0 Å². The predicted molar refractivity (Wildman–Crippen MR) is 86.2 cm³/mol. The quantitative estimate of drug-likeness (QED) is 0.811. The Kier molecular flexibility index (Phi) is 4.50. The highest BCUT2D eigenvalue weighted by atomic mass is 15.2. The van der Waals surface area contributed by atoms with E-state index in [1.807, 2.05) is 48.8 Å². The Morgan fingerprint density at radius 3 is 2.81 bits per heavy atom. The molecule has 0 bridgehead atoms. The van der Waals surface area contributed by atoms with E-state index in [0.717, 1.165) is 31.6 Å². The van der Waals surface area contributed by atoms with Crippen molar-refractivity contribution in [2.75, 3.05) is 24.5 Å². The summed E-state index contributed by atoms with van der Waals surface area (Å²) >= 11 is 0. The molecule has 3 heteroatoms. The Hall–Kier alpha value is -2.31. The Morgan fingerprint density at radius 1 is 1.10 bits per heavy atom. The Morgan fingerprint density at radius 2 is 2.00 bits per heavy atom. The van der Waals surface area contributed by atoms with Gasteiger partial charge in [-0.15, -0.1) is 0 Å². The van der Waals surface area contributed by atoms with Crippen LogP contribution in [-0.4, -0.2) is 30.7 Å². The van der Waals surface area contributed by atoms with Crippen molar-refractivity contribution < 1.29 is 0 Å². The molecule has 3 rings (SSSR count). The van der Waals surface area contributed by atoms with Crippen molar-refractivity contribution in [1.29, 1.82) is 0 Å². The van der Waals surface area contributed by atoms with Crippen LogP contribution in [0.25, 0.3) is 0 Å². The van der Waals surface area contributed by atoms with Crippen molar-refractivity contribution in [3.05, 3.63) is 60.4 Å². The lowest BCUT2D eigenvalue weighted by atomic mass is 10.1. The average Bonchev–Trinajstić information content (AvgIpc) is 2.80. The average molecular weight is 277 g/mol. The van der Waals surface area contributed by atoms with Gasteiger partial charge in [0.25, 0.3) is 0 Å². The van der Waals surface area contributed by atoms with Gasteiger partial charge in [-0.05, 0) is 30.7 Å². The van der Waals surface area contributed by atoms with Crippen molar-refractivity contribution >= 4 is 5.69 Å².